The van der Waals surface area contributed by atoms with E-state index >= 15 is 0 Å². The number of nitrogens with zero attached hydrogens (tertiary/aromatic N) is 6. The molecule has 0 spiro atoms. The summed E-state index contributed by atoms with van der Waals surface area (Å²) in [6.07, 6.45) is 3.29. The van der Waals surface area contributed by atoms with E-state index < -0.39 is 23.5 Å². The number of amides is 1. The fourth-order valence-corrected chi connectivity index (χ4v) is 4.93. The smallest absolute Gasteiger partial charge is 0.383 e. The number of carbonyl (C=O) groups is 1. The molecule has 3 aromatic rings. The van der Waals surface area contributed by atoms with E-state index in [1.165, 1.54) is 12.4 Å². The van der Waals surface area contributed by atoms with Crippen molar-refractivity contribution in [1.29, 1.82) is 0 Å². The number of imidazole rings is 1. The zero-order valence-electron chi connectivity index (χ0n) is 20.5. The fourth-order valence-electron chi connectivity index (χ4n) is 4.93. The number of halogens is 4. The molecule has 2 aliphatic rings. The molecular weight excluding hydrogens is 504 g/mol. The molecule has 13 heteroatoms. The highest BCUT2D eigenvalue weighted by molar-refractivity contribution is 6.01. The molecule has 1 unspecified atom stereocenters. The number of nitrogens with two attached hydrogens (primary N) is 2. The number of benzene rings is 1. The maximum Gasteiger partial charge on any atom is 0.419 e. The van der Waals surface area contributed by atoms with Crippen LogP contribution in [0.3, 0.4) is 0 Å². The number of rotatable bonds is 6. The Balaban J connectivity index is 1.46. The van der Waals surface area contributed by atoms with E-state index in [1.54, 1.807) is 6.20 Å². The molecule has 1 saturated heterocycles. The molecule has 4 N–H and O–H groups in total. The molecule has 38 heavy (non-hydrogen) atoms. The molecule has 1 aromatic carbocycles. The second kappa shape index (κ2) is 9.62. The third-order valence-corrected chi connectivity index (χ3v) is 7.09. The maximum atomic E-state index is 13.9. The van der Waals surface area contributed by atoms with Crippen molar-refractivity contribution in [2.24, 2.45) is 5.73 Å². The van der Waals surface area contributed by atoms with Crippen LogP contribution in [0.2, 0.25) is 0 Å². The standard InChI is InChI=1S/C25H26F4N8O/c1-14(35-7-2-8-35)37-12-19(16-3-4-18(26)17(11-16)25(27,28)29)34-23(37)15-5-9-36(10-6-15)24-20(22(31)38)21(30)32-13-33-24/h2-4,7,11-15H,5-6,8-10H2,1H3,(H2,31,38)(H2,30,32,33). The minimum atomic E-state index is -4.82. The van der Waals surface area contributed by atoms with Gasteiger partial charge in [0.2, 0.25) is 0 Å². The van der Waals surface area contributed by atoms with Gasteiger partial charge in [-0.1, -0.05) is 0 Å². The monoisotopic (exact) mass is 530 g/mol. The zero-order chi connectivity index (χ0) is 27.2. The Hall–Kier alpha value is -4.16. The zero-order valence-corrected chi connectivity index (χ0v) is 20.5. The molecule has 9 nitrogen and oxygen atoms in total. The number of alkyl halides is 3. The largest absolute Gasteiger partial charge is 0.419 e. The molecule has 2 aliphatic heterocycles. The number of carbonyl (C=O) groups excluding carboxylic acids is 1. The number of hydrogen-bond acceptors (Lipinski definition) is 7. The number of primary amides is 1. The summed E-state index contributed by atoms with van der Waals surface area (Å²) in [7, 11) is 0. The molecule has 1 fully saturated rings. The van der Waals surface area contributed by atoms with Crippen molar-refractivity contribution in [3.63, 3.8) is 0 Å². The van der Waals surface area contributed by atoms with Crippen molar-refractivity contribution in [1.82, 2.24) is 24.4 Å². The van der Waals surface area contributed by atoms with E-state index in [2.05, 4.69) is 14.9 Å². The first-order chi connectivity index (χ1) is 18.0. The summed E-state index contributed by atoms with van der Waals surface area (Å²) in [5.41, 5.74) is 10.6. The lowest BCUT2D eigenvalue weighted by Gasteiger charge is -2.36. The molecule has 1 amide bonds. The highest BCUT2D eigenvalue weighted by Gasteiger charge is 2.35. The Kier molecular flexibility index (Phi) is 6.45. The lowest BCUT2D eigenvalue weighted by molar-refractivity contribution is -0.139. The first kappa shape index (κ1) is 25.5. The normalized spacial score (nSPS) is 17.0. The Bertz CT molecular complexity index is 1390. The molecule has 200 valence electrons. The van der Waals surface area contributed by atoms with Crippen molar-refractivity contribution in [3.05, 3.63) is 65.8 Å². The van der Waals surface area contributed by atoms with Gasteiger partial charge in [0.05, 0.1) is 11.3 Å². The number of nitrogen functional groups attached to an aromatic ring is 1. The number of hydrogen-bond donors (Lipinski definition) is 2. The Morgan fingerprint density at radius 1 is 1.18 bits per heavy atom. The average Bonchev–Trinajstić information content (AvgIpc) is 3.28. The number of aromatic nitrogens is 4. The minimum Gasteiger partial charge on any atom is -0.383 e. The summed E-state index contributed by atoms with van der Waals surface area (Å²) in [5.74, 6) is -0.951. The summed E-state index contributed by atoms with van der Waals surface area (Å²) in [6.45, 7) is 3.78. The average molecular weight is 531 g/mol. The van der Waals surface area contributed by atoms with Crippen LogP contribution in [0.15, 0.2) is 43.0 Å². The van der Waals surface area contributed by atoms with Gasteiger partial charge in [-0.2, -0.15) is 13.2 Å². The van der Waals surface area contributed by atoms with Gasteiger partial charge < -0.3 is 25.8 Å². The van der Waals surface area contributed by atoms with E-state index in [4.69, 9.17) is 16.5 Å². The quantitative estimate of drug-likeness (QED) is 0.464. The lowest BCUT2D eigenvalue weighted by Crippen LogP contribution is -2.37. The van der Waals surface area contributed by atoms with Gasteiger partial charge in [-0.3, -0.25) is 4.79 Å². The summed E-state index contributed by atoms with van der Waals surface area (Å²) >= 11 is 0. The second-order valence-corrected chi connectivity index (χ2v) is 9.38. The van der Waals surface area contributed by atoms with Crippen molar-refractivity contribution < 1.29 is 22.4 Å². The predicted molar refractivity (Wildman–Crippen MR) is 132 cm³/mol. The van der Waals surface area contributed by atoms with Gasteiger partial charge >= 0.3 is 6.18 Å². The Morgan fingerprint density at radius 2 is 1.89 bits per heavy atom. The molecule has 1 atom stereocenters. The molecule has 4 heterocycles. The fraction of sp³-hybridized carbons (Fsp3) is 0.360. The molecule has 2 aromatic heterocycles. The van der Waals surface area contributed by atoms with Crippen molar-refractivity contribution >= 4 is 17.5 Å². The number of piperidine rings is 1. The van der Waals surface area contributed by atoms with Gasteiger partial charge in [-0.15, -0.1) is 0 Å². The first-order valence-corrected chi connectivity index (χ1v) is 12.1. The predicted octanol–water partition coefficient (Wildman–Crippen LogP) is 3.91. The van der Waals surface area contributed by atoms with E-state index in [0.717, 1.165) is 24.5 Å². The van der Waals surface area contributed by atoms with Crippen LogP contribution in [0.25, 0.3) is 11.3 Å². The van der Waals surface area contributed by atoms with E-state index in [0.29, 0.717) is 37.4 Å². The third kappa shape index (κ3) is 4.63. The van der Waals surface area contributed by atoms with Crippen LogP contribution in [0.4, 0.5) is 29.2 Å². The third-order valence-electron chi connectivity index (χ3n) is 7.09. The topological polar surface area (TPSA) is 119 Å². The van der Waals surface area contributed by atoms with Crippen molar-refractivity contribution in [2.45, 2.75) is 38.0 Å². The first-order valence-electron chi connectivity index (χ1n) is 12.1. The van der Waals surface area contributed by atoms with Crippen LogP contribution in [0.1, 0.15) is 53.6 Å². The summed E-state index contributed by atoms with van der Waals surface area (Å²) < 4.78 is 55.9. The van der Waals surface area contributed by atoms with E-state index in [1.807, 2.05) is 28.7 Å². The summed E-state index contributed by atoms with van der Waals surface area (Å²) in [6, 6.07) is 2.93. The summed E-state index contributed by atoms with van der Waals surface area (Å²) in [5, 5.41) is 0. The molecule has 0 bridgehead atoms. The van der Waals surface area contributed by atoms with Crippen LogP contribution in [-0.4, -0.2) is 50.0 Å². The second-order valence-electron chi connectivity index (χ2n) is 9.38. The van der Waals surface area contributed by atoms with Crippen LogP contribution < -0.4 is 16.4 Å². The van der Waals surface area contributed by atoms with Gasteiger partial charge in [0.15, 0.2) is 0 Å². The highest BCUT2D eigenvalue weighted by atomic mass is 19.4. The van der Waals surface area contributed by atoms with Crippen LogP contribution in [-0.2, 0) is 6.18 Å². The van der Waals surface area contributed by atoms with Gasteiger partial charge in [-0.05, 0) is 50.2 Å². The van der Waals surface area contributed by atoms with Gasteiger partial charge in [0.25, 0.3) is 5.91 Å². The highest BCUT2D eigenvalue weighted by Crippen LogP contribution is 2.37. The van der Waals surface area contributed by atoms with Crippen LogP contribution >= 0.6 is 0 Å². The Labute approximate surface area is 215 Å². The van der Waals surface area contributed by atoms with Crippen molar-refractivity contribution in [3.8, 4) is 11.3 Å². The van der Waals surface area contributed by atoms with Gasteiger partial charge in [0, 0.05) is 37.3 Å². The Morgan fingerprint density at radius 3 is 2.50 bits per heavy atom. The minimum absolute atomic E-state index is 0.0127. The van der Waals surface area contributed by atoms with Crippen LogP contribution in [0.5, 0.6) is 0 Å². The molecule has 5 rings (SSSR count). The molecular formula is C25H26F4N8O. The molecule has 0 radical (unpaired) electrons. The summed E-state index contributed by atoms with van der Waals surface area (Å²) in [4.78, 5) is 28.8. The number of anilines is 2. The van der Waals surface area contributed by atoms with Crippen molar-refractivity contribution in [2.75, 3.05) is 30.3 Å². The SMILES string of the molecule is CC(N1C=CC1)n1cc(-c2ccc(F)c(C(F)(F)F)c2)nc1C1CCN(c2ncnc(N)c2C(N)=O)CC1. The maximum absolute atomic E-state index is 13.9. The van der Waals surface area contributed by atoms with E-state index in [-0.39, 0.29) is 29.0 Å². The molecule has 0 saturated carbocycles. The van der Waals surface area contributed by atoms with Gasteiger partial charge in [0.1, 0.15) is 41.3 Å². The lowest BCUT2D eigenvalue weighted by atomic mass is 9.95. The van der Waals surface area contributed by atoms with Gasteiger partial charge in [-0.25, -0.2) is 19.3 Å². The van der Waals surface area contributed by atoms with Crippen LogP contribution in [0, 0.1) is 5.82 Å². The van der Waals surface area contributed by atoms with E-state index in [9.17, 15) is 22.4 Å². The molecule has 0 aliphatic carbocycles.